The molecule has 0 bridgehead atoms. The largest absolute Gasteiger partial charge is 0.319 e. The molecular weight excluding hydrogens is 302 g/mol. The Morgan fingerprint density at radius 3 is 2.33 bits per heavy atom. The van der Waals surface area contributed by atoms with E-state index in [2.05, 4.69) is 10.3 Å². The van der Waals surface area contributed by atoms with Crippen molar-refractivity contribution in [2.24, 2.45) is 5.92 Å². The number of nitrogens with one attached hydrogen (secondary N) is 1. The van der Waals surface area contributed by atoms with Crippen molar-refractivity contribution in [3.8, 4) is 5.69 Å². The lowest BCUT2D eigenvalue weighted by Gasteiger charge is -2.19. The number of carbonyl (C=O) groups is 2. The predicted molar refractivity (Wildman–Crippen MR) is 95.1 cm³/mol. The number of carbonyl (C=O) groups excluding carboxylic acids is 2. The number of anilines is 1. The van der Waals surface area contributed by atoms with E-state index in [9.17, 15) is 9.59 Å². The van der Waals surface area contributed by atoms with Crippen LogP contribution in [0.2, 0.25) is 0 Å². The van der Waals surface area contributed by atoms with Crippen molar-refractivity contribution in [1.29, 1.82) is 0 Å². The summed E-state index contributed by atoms with van der Waals surface area (Å²) in [4.78, 5) is 28.2. The zero-order valence-corrected chi connectivity index (χ0v) is 14.4. The number of nitrogens with zero attached hydrogens (tertiary/aromatic N) is 2. The Kier molecular flexibility index (Phi) is 6.73. The SMILES string of the molecule is CC.O=C(Nc1ccc(-n2ccnc2)cc1)C(=O)C1CCCCC1. The van der Waals surface area contributed by atoms with Gasteiger partial charge in [-0.05, 0) is 37.1 Å². The maximum Gasteiger partial charge on any atom is 0.292 e. The first-order valence-electron chi connectivity index (χ1n) is 8.67. The van der Waals surface area contributed by atoms with Crippen LogP contribution in [-0.2, 0) is 9.59 Å². The highest BCUT2D eigenvalue weighted by Gasteiger charge is 2.26. The molecule has 24 heavy (non-hydrogen) atoms. The molecule has 1 N–H and O–H groups in total. The van der Waals surface area contributed by atoms with Crippen molar-refractivity contribution in [3.63, 3.8) is 0 Å². The van der Waals surface area contributed by atoms with Gasteiger partial charge in [-0.15, -0.1) is 0 Å². The number of amides is 1. The Hall–Kier alpha value is -2.43. The minimum absolute atomic E-state index is 0.0982. The molecule has 0 aliphatic heterocycles. The molecule has 128 valence electrons. The fourth-order valence-electron chi connectivity index (χ4n) is 2.87. The number of rotatable bonds is 4. The van der Waals surface area contributed by atoms with Gasteiger partial charge in [-0.1, -0.05) is 33.1 Å². The molecule has 5 heteroatoms. The van der Waals surface area contributed by atoms with Crippen molar-refractivity contribution in [3.05, 3.63) is 43.0 Å². The summed E-state index contributed by atoms with van der Waals surface area (Å²) in [5, 5.41) is 2.70. The summed E-state index contributed by atoms with van der Waals surface area (Å²) in [7, 11) is 0. The second kappa shape index (κ2) is 9.01. The highest BCUT2D eigenvalue weighted by molar-refractivity contribution is 6.41. The Labute approximate surface area is 143 Å². The van der Waals surface area contributed by atoms with Gasteiger partial charge >= 0.3 is 0 Å². The van der Waals surface area contributed by atoms with Gasteiger partial charge in [0.15, 0.2) is 0 Å². The number of ketones is 1. The topological polar surface area (TPSA) is 64.0 Å². The molecule has 0 saturated heterocycles. The summed E-state index contributed by atoms with van der Waals surface area (Å²) in [5.74, 6) is -0.875. The average Bonchev–Trinajstić information content (AvgIpc) is 3.19. The fourth-order valence-corrected chi connectivity index (χ4v) is 2.87. The van der Waals surface area contributed by atoms with Crippen LogP contribution < -0.4 is 5.32 Å². The quantitative estimate of drug-likeness (QED) is 0.864. The lowest BCUT2D eigenvalue weighted by Crippen LogP contribution is -2.30. The third kappa shape index (κ3) is 4.54. The van der Waals surface area contributed by atoms with Gasteiger partial charge in [-0.3, -0.25) is 9.59 Å². The van der Waals surface area contributed by atoms with Gasteiger partial charge in [0, 0.05) is 29.7 Å². The molecule has 1 aliphatic carbocycles. The molecule has 2 aromatic rings. The van der Waals surface area contributed by atoms with Crippen molar-refractivity contribution in [2.75, 3.05) is 5.32 Å². The number of hydrogen-bond acceptors (Lipinski definition) is 3. The molecule has 1 aliphatic rings. The van der Waals surface area contributed by atoms with Crippen LogP contribution in [0, 0.1) is 5.92 Å². The smallest absolute Gasteiger partial charge is 0.292 e. The average molecular weight is 327 g/mol. The van der Waals surface area contributed by atoms with E-state index in [4.69, 9.17) is 0 Å². The number of hydrogen-bond donors (Lipinski definition) is 1. The van der Waals surface area contributed by atoms with Crippen molar-refractivity contribution in [1.82, 2.24) is 9.55 Å². The fraction of sp³-hybridized carbons (Fsp3) is 0.421. The molecule has 1 fully saturated rings. The summed E-state index contributed by atoms with van der Waals surface area (Å²) in [6.07, 6.45) is 10.2. The third-order valence-corrected chi connectivity index (χ3v) is 4.13. The second-order valence-corrected chi connectivity index (χ2v) is 5.67. The number of Topliss-reactive ketones (excluding diaryl/α,β-unsaturated/α-hetero) is 1. The minimum Gasteiger partial charge on any atom is -0.319 e. The van der Waals surface area contributed by atoms with Gasteiger partial charge in [0.1, 0.15) is 0 Å². The predicted octanol–water partition coefficient (Wildman–Crippen LogP) is 3.99. The molecule has 1 aromatic heterocycles. The first-order valence-corrected chi connectivity index (χ1v) is 8.67. The highest BCUT2D eigenvalue weighted by Crippen LogP contribution is 2.24. The van der Waals surface area contributed by atoms with Gasteiger partial charge in [-0.25, -0.2) is 4.98 Å². The first kappa shape index (κ1) is 17.9. The zero-order valence-electron chi connectivity index (χ0n) is 14.4. The van der Waals surface area contributed by atoms with Crippen LogP contribution in [0.1, 0.15) is 46.0 Å². The molecule has 1 aromatic carbocycles. The molecule has 1 amide bonds. The number of benzene rings is 1. The maximum absolute atomic E-state index is 12.1. The lowest BCUT2D eigenvalue weighted by molar-refractivity contribution is -0.137. The monoisotopic (exact) mass is 327 g/mol. The first-order chi connectivity index (χ1) is 11.7. The van der Waals surface area contributed by atoms with E-state index in [0.29, 0.717) is 5.69 Å². The van der Waals surface area contributed by atoms with Crippen LogP contribution in [-0.4, -0.2) is 21.2 Å². The van der Waals surface area contributed by atoms with Gasteiger partial charge in [0.25, 0.3) is 5.91 Å². The molecule has 0 atom stereocenters. The van der Waals surface area contributed by atoms with Crippen LogP contribution in [0.4, 0.5) is 5.69 Å². The molecule has 1 saturated carbocycles. The third-order valence-electron chi connectivity index (χ3n) is 4.13. The summed E-state index contributed by atoms with van der Waals surface area (Å²) in [6.45, 7) is 4.00. The summed E-state index contributed by atoms with van der Waals surface area (Å²) in [6, 6.07) is 7.34. The van der Waals surface area contributed by atoms with Crippen LogP contribution in [0.5, 0.6) is 0 Å². The molecule has 1 heterocycles. The summed E-state index contributed by atoms with van der Waals surface area (Å²) < 4.78 is 1.87. The molecular formula is C19H25N3O2. The van der Waals surface area contributed by atoms with Crippen LogP contribution in [0.25, 0.3) is 5.69 Å². The van der Waals surface area contributed by atoms with Gasteiger partial charge in [0.2, 0.25) is 5.78 Å². The van der Waals surface area contributed by atoms with E-state index in [-0.39, 0.29) is 11.7 Å². The van der Waals surface area contributed by atoms with E-state index >= 15 is 0 Å². The van der Waals surface area contributed by atoms with Crippen molar-refractivity contribution >= 4 is 17.4 Å². The molecule has 0 unspecified atom stereocenters. The Morgan fingerprint density at radius 2 is 1.75 bits per heavy atom. The van der Waals surface area contributed by atoms with Crippen LogP contribution in [0.15, 0.2) is 43.0 Å². The minimum atomic E-state index is -0.498. The van der Waals surface area contributed by atoms with E-state index in [1.54, 1.807) is 24.7 Å². The van der Waals surface area contributed by atoms with Crippen LogP contribution >= 0.6 is 0 Å². The second-order valence-electron chi connectivity index (χ2n) is 5.67. The number of imidazole rings is 1. The lowest BCUT2D eigenvalue weighted by atomic mass is 9.86. The summed E-state index contributed by atoms with van der Waals surface area (Å²) in [5.41, 5.74) is 1.59. The van der Waals surface area contributed by atoms with E-state index in [1.165, 1.54) is 6.42 Å². The van der Waals surface area contributed by atoms with Gasteiger partial charge in [0.05, 0.1) is 6.33 Å². The highest BCUT2D eigenvalue weighted by atomic mass is 16.2. The van der Waals surface area contributed by atoms with Gasteiger partial charge in [-0.2, -0.15) is 0 Å². The Bertz CT molecular complexity index is 642. The molecule has 3 rings (SSSR count). The van der Waals surface area contributed by atoms with Crippen molar-refractivity contribution in [2.45, 2.75) is 46.0 Å². The van der Waals surface area contributed by atoms with E-state index < -0.39 is 5.91 Å². The standard InChI is InChI=1S/C17H19N3O2.C2H6/c21-16(13-4-2-1-3-5-13)17(22)19-14-6-8-15(9-7-14)20-11-10-18-12-20;1-2/h6-13H,1-5H2,(H,19,22);1-2H3. The number of aromatic nitrogens is 2. The summed E-state index contributed by atoms with van der Waals surface area (Å²) >= 11 is 0. The normalized spacial score (nSPS) is 14.4. The Morgan fingerprint density at radius 1 is 1.08 bits per heavy atom. The van der Waals surface area contributed by atoms with E-state index in [0.717, 1.165) is 31.4 Å². The Balaban J connectivity index is 0.00000100. The van der Waals surface area contributed by atoms with E-state index in [1.807, 2.05) is 36.7 Å². The zero-order chi connectivity index (χ0) is 17.4. The molecule has 5 nitrogen and oxygen atoms in total. The van der Waals surface area contributed by atoms with Gasteiger partial charge < -0.3 is 9.88 Å². The van der Waals surface area contributed by atoms with Crippen molar-refractivity contribution < 1.29 is 9.59 Å². The maximum atomic E-state index is 12.1. The molecule has 0 spiro atoms. The van der Waals surface area contributed by atoms with Crippen LogP contribution in [0.3, 0.4) is 0 Å². The molecule has 0 radical (unpaired) electrons.